The first-order chi connectivity index (χ1) is 10.8. The van der Waals surface area contributed by atoms with Gasteiger partial charge in [0.1, 0.15) is 0 Å². The van der Waals surface area contributed by atoms with Gasteiger partial charge in [0.25, 0.3) is 0 Å². The molecular weight excluding hydrogens is 286 g/mol. The Hall–Kier alpha value is -2.13. The maximum atomic E-state index is 10.9. The van der Waals surface area contributed by atoms with Crippen molar-refractivity contribution in [3.8, 4) is 11.1 Å². The predicted molar refractivity (Wildman–Crippen MR) is 94.5 cm³/mol. The molecule has 0 heterocycles. The Kier molecular flexibility index (Phi) is 5.56. The van der Waals surface area contributed by atoms with E-state index in [0.717, 1.165) is 6.54 Å². The normalized spacial score (nSPS) is 12.4. The van der Waals surface area contributed by atoms with Gasteiger partial charge in [0, 0.05) is 13.1 Å². The van der Waals surface area contributed by atoms with Gasteiger partial charge in [-0.25, -0.2) is 0 Å². The lowest BCUT2D eigenvalue weighted by molar-refractivity contribution is -0.141. The van der Waals surface area contributed by atoms with Crippen LogP contribution in [0.1, 0.15) is 23.6 Å². The number of aryl methyl sites for hydroxylation is 2. The Bertz CT molecular complexity index is 656. The van der Waals surface area contributed by atoms with Crippen LogP contribution in [0.25, 0.3) is 11.1 Å². The summed E-state index contributed by atoms with van der Waals surface area (Å²) in [6.07, 6.45) is 0. The number of aliphatic carboxylic acids is 1. The quantitative estimate of drug-likeness (QED) is 0.872. The maximum Gasteiger partial charge on any atom is 0.307 e. The van der Waals surface area contributed by atoms with Gasteiger partial charge in [-0.15, -0.1) is 0 Å². The van der Waals surface area contributed by atoms with Crippen molar-refractivity contribution in [3.05, 3.63) is 59.2 Å². The third-order valence-electron chi connectivity index (χ3n) is 3.97. The van der Waals surface area contributed by atoms with Crippen LogP contribution in [0.2, 0.25) is 0 Å². The number of hydrogen-bond acceptors (Lipinski definition) is 2. The molecule has 3 heteroatoms. The standard InChI is InChI=1S/C20H25NO2/c1-14-9-15(2)11-19(10-14)18-7-5-17(6-8-18)13-21(4)12-16(3)20(22)23/h5-11,16H,12-13H2,1-4H3,(H,22,23). The molecule has 0 saturated carbocycles. The van der Waals surface area contributed by atoms with Gasteiger partial charge >= 0.3 is 5.97 Å². The van der Waals surface area contributed by atoms with E-state index in [1.807, 2.05) is 11.9 Å². The highest BCUT2D eigenvalue weighted by atomic mass is 16.4. The van der Waals surface area contributed by atoms with E-state index < -0.39 is 5.97 Å². The zero-order valence-corrected chi connectivity index (χ0v) is 14.3. The van der Waals surface area contributed by atoms with Crippen LogP contribution in [-0.2, 0) is 11.3 Å². The van der Waals surface area contributed by atoms with E-state index in [1.165, 1.54) is 27.8 Å². The van der Waals surface area contributed by atoms with Crippen LogP contribution in [0.3, 0.4) is 0 Å². The fraction of sp³-hybridized carbons (Fsp3) is 0.350. The van der Waals surface area contributed by atoms with Crippen LogP contribution in [0, 0.1) is 19.8 Å². The topological polar surface area (TPSA) is 40.5 Å². The monoisotopic (exact) mass is 311 g/mol. The van der Waals surface area contributed by atoms with Crippen LogP contribution >= 0.6 is 0 Å². The fourth-order valence-corrected chi connectivity index (χ4v) is 2.87. The Balaban J connectivity index is 2.06. The molecule has 2 aromatic carbocycles. The Morgan fingerprint density at radius 1 is 1.04 bits per heavy atom. The van der Waals surface area contributed by atoms with E-state index in [9.17, 15) is 4.79 Å². The second kappa shape index (κ2) is 7.42. The highest BCUT2D eigenvalue weighted by molar-refractivity contribution is 5.69. The lowest BCUT2D eigenvalue weighted by Crippen LogP contribution is -2.28. The zero-order valence-electron chi connectivity index (χ0n) is 14.3. The molecular formula is C20H25NO2. The SMILES string of the molecule is Cc1cc(C)cc(-c2ccc(CN(C)CC(C)C(=O)O)cc2)c1. The van der Waals surface area contributed by atoms with Gasteiger partial charge in [0.05, 0.1) is 5.92 Å². The summed E-state index contributed by atoms with van der Waals surface area (Å²) in [5.74, 6) is -1.10. The number of carboxylic acids is 1. The molecule has 1 unspecified atom stereocenters. The van der Waals surface area contributed by atoms with E-state index in [1.54, 1.807) is 6.92 Å². The molecule has 1 atom stereocenters. The maximum absolute atomic E-state index is 10.9. The van der Waals surface area contributed by atoms with Gasteiger partial charge in [-0.05, 0) is 37.6 Å². The van der Waals surface area contributed by atoms with E-state index in [2.05, 4.69) is 56.3 Å². The second-order valence-corrected chi connectivity index (χ2v) is 6.51. The van der Waals surface area contributed by atoms with Crippen LogP contribution < -0.4 is 0 Å². The van der Waals surface area contributed by atoms with Gasteiger partial charge in [-0.3, -0.25) is 4.79 Å². The van der Waals surface area contributed by atoms with Crippen molar-refractivity contribution in [2.75, 3.05) is 13.6 Å². The van der Waals surface area contributed by atoms with Crippen molar-refractivity contribution in [2.45, 2.75) is 27.3 Å². The Morgan fingerprint density at radius 2 is 1.61 bits per heavy atom. The number of rotatable bonds is 6. The average molecular weight is 311 g/mol. The van der Waals surface area contributed by atoms with Crippen molar-refractivity contribution in [1.29, 1.82) is 0 Å². The molecule has 2 rings (SSSR count). The molecule has 0 amide bonds. The zero-order chi connectivity index (χ0) is 17.0. The van der Waals surface area contributed by atoms with Gasteiger partial charge in [-0.1, -0.05) is 60.5 Å². The number of nitrogens with zero attached hydrogens (tertiary/aromatic N) is 1. The van der Waals surface area contributed by atoms with Gasteiger partial charge < -0.3 is 10.0 Å². The molecule has 0 aliphatic rings. The van der Waals surface area contributed by atoms with Crippen LogP contribution in [0.15, 0.2) is 42.5 Å². The van der Waals surface area contributed by atoms with E-state index in [4.69, 9.17) is 5.11 Å². The minimum Gasteiger partial charge on any atom is -0.481 e. The molecule has 1 N–H and O–H groups in total. The number of carboxylic acid groups (broad SMARTS) is 1. The summed E-state index contributed by atoms with van der Waals surface area (Å²) in [5, 5.41) is 8.98. The third-order valence-corrected chi connectivity index (χ3v) is 3.97. The molecule has 2 aromatic rings. The first-order valence-corrected chi connectivity index (χ1v) is 7.94. The number of benzene rings is 2. The van der Waals surface area contributed by atoms with Crippen molar-refractivity contribution >= 4 is 5.97 Å². The number of carbonyl (C=O) groups is 1. The summed E-state index contributed by atoms with van der Waals surface area (Å²) in [6, 6.07) is 15.1. The minimum absolute atomic E-state index is 0.352. The molecule has 0 spiro atoms. The molecule has 0 radical (unpaired) electrons. The summed E-state index contributed by atoms with van der Waals surface area (Å²) in [6.45, 7) is 7.27. The summed E-state index contributed by atoms with van der Waals surface area (Å²) in [4.78, 5) is 13.0. The molecule has 0 aliphatic carbocycles. The van der Waals surface area contributed by atoms with E-state index in [0.29, 0.717) is 6.54 Å². The Labute approximate surface area is 138 Å². The lowest BCUT2D eigenvalue weighted by Gasteiger charge is -2.19. The van der Waals surface area contributed by atoms with Crippen molar-refractivity contribution < 1.29 is 9.90 Å². The van der Waals surface area contributed by atoms with E-state index in [-0.39, 0.29) is 5.92 Å². The molecule has 0 aliphatic heterocycles. The summed E-state index contributed by atoms with van der Waals surface area (Å²) in [7, 11) is 1.96. The van der Waals surface area contributed by atoms with Crippen LogP contribution in [-0.4, -0.2) is 29.6 Å². The smallest absolute Gasteiger partial charge is 0.307 e. The largest absolute Gasteiger partial charge is 0.481 e. The van der Waals surface area contributed by atoms with E-state index >= 15 is 0 Å². The fourth-order valence-electron chi connectivity index (χ4n) is 2.87. The van der Waals surface area contributed by atoms with Gasteiger partial charge in [0.15, 0.2) is 0 Å². The highest BCUT2D eigenvalue weighted by Crippen LogP contribution is 2.23. The summed E-state index contributed by atoms with van der Waals surface area (Å²) >= 11 is 0. The number of hydrogen-bond donors (Lipinski definition) is 1. The Morgan fingerprint density at radius 3 is 2.13 bits per heavy atom. The summed E-state index contributed by atoms with van der Waals surface area (Å²) < 4.78 is 0. The van der Waals surface area contributed by atoms with Crippen LogP contribution in [0.5, 0.6) is 0 Å². The minimum atomic E-state index is -0.748. The van der Waals surface area contributed by atoms with Crippen molar-refractivity contribution in [1.82, 2.24) is 4.90 Å². The highest BCUT2D eigenvalue weighted by Gasteiger charge is 2.13. The molecule has 0 bridgehead atoms. The van der Waals surface area contributed by atoms with Crippen LogP contribution in [0.4, 0.5) is 0 Å². The molecule has 0 aromatic heterocycles. The lowest BCUT2D eigenvalue weighted by atomic mass is 10.00. The second-order valence-electron chi connectivity index (χ2n) is 6.51. The average Bonchev–Trinajstić information content (AvgIpc) is 2.46. The molecule has 3 nitrogen and oxygen atoms in total. The van der Waals surface area contributed by atoms with Crippen molar-refractivity contribution in [3.63, 3.8) is 0 Å². The molecule has 0 saturated heterocycles. The van der Waals surface area contributed by atoms with Gasteiger partial charge in [0.2, 0.25) is 0 Å². The molecule has 0 fully saturated rings. The third kappa shape index (κ3) is 4.93. The van der Waals surface area contributed by atoms with Gasteiger partial charge in [-0.2, -0.15) is 0 Å². The van der Waals surface area contributed by atoms with Crippen molar-refractivity contribution in [2.24, 2.45) is 5.92 Å². The first-order valence-electron chi connectivity index (χ1n) is 7.94. The summed E-state index contributed by atoms with van der Waals surface area (Å²) in [5.41, 5.74) is 6.18. The predicted octanol–water partition coefficient (Wildman–Crippen LogP) is 4.12. The molecule has 23 heavy (non-hydrogen) atoms. The molecule has 122 valence electrons. The first kappa shape index (κ1) is 17.2.